The van der Waals surface area contributed by atoms with Crippen molar-refractivity contribution in [2.75, 3.05) is 7.05 Å². The van der Waals surface area contributed by atoms with E-state index >= 15 is 0 Å². The van der Waals surface area contributed by atoms with Gasteiger partial charge in [-0.05, 0) is 31.3 Å². The van der Waals surface area contributed by atoms with Crippen LogP contribution in [0, 0.1) is 0 Å². The molecule has 0 aromatic heterocycles. The first-order valence-electron chi connectivity index (χ1n) is 6.59. The van der Waals surface area contributed by atoms with Crippen LogP contribution in [0.2, 0.25) is 19.6 Å². The number of likely N-dealkylation sites (N-methyl/N-ethyl adjacent to an activating group) is 1. The van der Waals surface area contributed by atoms with Crippen molar-refractivity contribution in [2.45, 2.75) is 38.7 Å². The van der Waals surface area contributed by atoms with E-state index in [1.54, 1.807) is 0 Å². The fraction of sp³-hybridized carbons (Fsp3) is 0.538. The molecule has 0 spiro atoms. The third-order valence-corrected chi connectivity index (χ3v) is 10.7. The molecule has 1 saturated heterocycles. The van der Waals surface area contributed by atoms with Gasteiger partial charge in [0.25, 0.3) is 0 Å². The van der Waals surface area contributed by atoms with Crippen LogP contribution in [-0.2, 0) is 16.3 Å². The fourth-order valence-electron chi connectivity index (χ4n) is 2.26. The summed E-state index contributed by atoms with van der Waals surface area (Å²) in [5.74, 6) is 0. The Bertz CT molecular complexity index is 491. The highest BCUT2D eigenvalue weighted by Gasteiger charge is 2.44. The highest BCUT2D eigenvalue weighted by atomic mass is 32.5. The minimum absolute atomic E-state index is 0.0703. The van der Waals surface area contributed by atoms with Crippen molar-refractivity contribution in [1.29, 1.82) is 0 Å². The zero-order valence-corrected chi connectivity index (χ0v) is 15.0. The maximum atomic E-state index is 6.31. The van der Waals surface area contributed by atoms with Crippen molar-refractivity contribution < 1.29 is 4.52 Å². The summed E-state index contributed by atoms with van der Waals surface area (Å²) in [6.45, 7) is 6.90. The van der Waals surface area contributed by atoms with Gasteiger partial charge in [0.1, 0.15) is 14.3 Å². The van der Waals surface area contributed by atoms with Crippen LogP contribution in [0.1, 0.15) is 18.6 Å². The predicted molar refractivity (Wildman–Crippen MR) is 88.3 cm³/mol. The lowest BCUT2D eigenvalue weighted by molar-refractivity contribution is 0.216. The highest BCUT2D eigenvalue weighted by Crippen LogP contribution is 2.59. The largest absolute Gasteiger partial charge is 0.317 e. The Morgan fingerprint density at radius 1 is 1.26 bits per heavy atom. The summed E-state index contributed by atoms with van der Waals surface area (Å²) in [6, 6.07) is 10.7. The molecule has 0 aliphatic carbocycles. The van der Waals surface area contributed by atoms with Crippen molar-refractivity contribution in [2.24, 2.45) is 0 Å². The first-order valence-corrected chi connectivity index (χ1v) is 12.8. The van der Waals surface area contributed by atoms with E-state index < -0.39 is 14.8 Å². The molecule has 19 heavy (non-hydrogen) atoms. The number of hydrogen-bond acceptors (Lipinski definition) is 2. The van der Waals surface area contributed by atoms with Gasteiger partial charge in [0.15, 0.2) is 6.57 Å². The molecule has 1 fully saturated rings. The first kappa shape index (κ1) is 15.4. The maximum absolute atomic E-state index is 6.31. The van der Waals surface area contributed by atoms with Crippen LogP contribution in [0.4, 0.5) is 0 Å². The Balaban J connectivity index is 2.26. The molecule has 0 radical (unpaired) electrons. The molecule has 0 bridgehead atoms. The van der Waals surface area contributed by atoms with Crippen LogP contribution in [0.3, 0.4) is 0 Å². The zero-order chi connectivity index (χ0) is 14.3. The Kier molecular flexibility index (Phi) is 4.36. The molecule has 6 heteroatoms. The molecule has 2 rings (SSSR count). The van der Waals surface area contributed by atoms with Gasteiger partial charge in [-0.2, -0.15) is 0 Å². The average molecular weight is 314 g/mol. The minimum Gasteiger partial charge on any atom is -0.317 e. The number of nitrogens with one attached hydrogen (secondary N) is 1. The van der Waals surface area contributed by atoms with Crippen LogP contribution < -0.4 is 4.75 Å². The Labute approximate surface area is 122 Å². The van der Waals surface area contributed by atoms with E-state index in [0.717, 1.165) is 0 Å². The second-order valence-corrected chi connectivity index (χ2v) is 14.9. The Hall–Kier alpha value is -0.0331. The molecule has 3 atom stereocenters. The maximum Gasteiger partial charge on any atom is 0.195 e. The molecule has 1 N–H and O–H groups in total. The lowest BCUT2D eigenvalue weighted by atomic mass is 10.0. The van der Waals surface area contributed by atoms with Gasteiger partial charge in [-0.15, -0.1) is 0 Å². The molecule has 0 unspecified atom stereocenters. The normalized spacial score (nSPS) is 32.7. The molecule has 1 aromatic carbocycles. The van der Waals surface area contributed by atoms with Crippen molar-refractivity contribution in [3.63, 3.8) is 0 Å². The van der Waals surface area contributed by atoms with E-state index in [0.29, 0.717) is 6.04 Å². The van der Waals surface area contributed by atoms with Crippen molar-refractivity contribution in [3.05, 3.63) is 35.9 Å². The lowest BCUT2D eigenvalue weighted by Gasteiger charge is -2.31. The summed E-state index contributed by atoms with van der Waals surface area (Å²) in [7, 11) is 0.617. The van der Waals surface area contributed by atoms with Gasteiger partial charge in [-0.1, -0.05) is 50.0 Å². The summed E-state index contributed by atoms with van der Waals surface area (Å²) >= 11 is 5.83. The zero-order valence-electron chi connectivity index (χ0n) is 12.3. The summed E-state index contributed by atoms with van der Waals surface area (Å²) in [5.41, 5.74) is 1.21. The number of hydrogen-bond donors (Lipinski definition) is 1. The molecule has 1 aliphatic heterocycles. The lowest BCUT2D eigenvalue weighted by Crippen LogP contribution is -2.41. The smallest absolute Gasteiger partial charge is 0.195 e. The molecule has 106 valence electrons. The standard InChI is InChI=1S/C13H23N2OPSSi/c1-11-13(12-9-7-6-8-10-12)16-17(18,15(11)2)14-19(3,4)5/h6-11,13H,1-5H3,(H,14,18)/t11-,13-,17-/m0/s1. The molecule has 3 nitrogen and oxygen atoms in total. The van der Waals surface area contributed by atoms with Crippen LogP contribution >= 0.6 is 6.57 Å². The molecular formula is C13H23N2OPSSi. The van der Waals surface area contributed by atoms with Crippen LogP contribution in [0.5, 0.6) is 0 Å². The van der Waals surface area contributed by atoms with Crippen molar-refractivity contribution in [3.8, 4) is 0 Å². The van der Waals surface area contributed by atoms with Gasteiger partial charge in [-0.3, -0.25) is 4.75 Å². The quantitative estimate of drug-likeness (QED) is 0.679. The SMILES string of the molecule is C[C@H]1[C@@H](c2ccccc2)O[P@](=S)(N[Si](C)(C)C)N1C. The van der Waals surface area contributed by atoms with E-state index in [4.69, 9.17) is 16.3 Å². The average Bonchev–Trinajstić information content (AvgIpc) is 2.53. The monoisotopic (exact) mass is 314 g/mol. The summed E-state index contributed by atoms with van der Waals surface area (Å²) in [4.78, 5) is 0. The highest BCUT2D eigenvalue weighted by molar-refractivity contribution is 8.10. The predicted octanol–water partition coefficient (Wildman–Crippen LogP) is 3.73. The molecular weight excluding hydrogens is 291 g/mol. The fourth-order valence-corrected chi connectivity index (χ4v) is 11.0. The second-order valence-electron chi connectivity index (χ2n) is 6.13. The van der Waals surface area contributed by atoms with Crippen molar-refractivity contribution >= 4 is 26.6 Å². The van der Waals surface area contributed by atoms with Gasteiger partial charge in [-0.25, -0.2) is 4.67 Å². The molecule has 1 heterocycles. The molecule has 0 amide bonds. The first-order chi connectivity index (χ1) is 8.73. The number of rotatable bonds is 3. The van der Waals surface area contributed by atoms with E-state index in [2.05, 4.69) is 67.3 Å². The summed E-state index contributed by atoms with van der Waals surface area (Å²) < 4.78 is 12.2. The summed E-state index contributed by atoms with van der Waals surface area (Å²) in [6.07, 6.45) is 0.0703. The third-order valence-electron chi connectivity index (χ3n) is 3.30. The van der Waals surface area contributed by atoms with Gasteiger partial charge < -0.3 is 4.52 Å². The second kappa shape index (κ2) is 5.39. The Morgan fingerprint density at radius 3 is 2.37 bits per heavy atom. The number of nitrogens with zero attached hydrogens (tertiary/aromatic N) is 1. The third kappa shape index (κ3) is 3.35. The van der Waals surface area contributed by atoms with Gasteiger partial charge in [0.05, 0.1) is 0 Å². The molecule has 0 saturated carbocycles. The van der Waals surface area contributed by atoms with Gasteiger partial charge >= 0.3 is 0 Å². The molecule has 1 aliphatic rings. The van der Waals surface area contributed by atoms with Crippen LogP contribution in [0.25, 0.3) is 0 Å². The topological polar surface area (TPSA) is 24.5 Å². The van der Waals surface area contributed by atoms with E-state index in [1.165, 1.54) is 5.56 Å². The van der Waals surface area contributed by atoms with Crippen LogP contribution in [-0.4, -0.2) is 26.0 Å². The van der Waals surface area contributed by atoms with Crippen molar-refractivity contribution in [1.82, 2.24) is 9.42 Å². The Morgan fingerprint density at radius 2 is 1.84 bits per heavy atom. The van der Waals surface area contributed by atoms with E-state index in [9.17, 15) is 0 Å². The van der Waals surface area contributed by atoms with E-state index in [1.807, 2.05) is 6.07 Å². The minimum atomic E-state index is -2.08. The molecule has 1 aromatic rings. The van der Waals surface area contributed by atoms with Crippen LogP contribution in [0.15, 0.2) is 30.3 Å². The van der Waals surface area contributed by atoms with E-state index in [-0.39, 0.29) is 6.10 Å². The number of benzene rings is 1. The van der Waals surface area contributed by atoms with Gasteiger partial charge in [0, 0.05) is 6.04 Å². The van der Waals surface area contributed by atoms with Gasteiger partial charge in [0.2, 0.25) is 0 Å². The summed E-state index contributed by atoms with van der Waals surface area (Å²) in [5, 5.41) is 0.